The summed E-state index contributed by atoms with van der Waals surface area (Å²) in [5, 5.41) is 11.1. The maximum atomic E-state index is 12.4. The summed E-state index contributed by atoms with van der Waals surface area (Å²) >= 11 is 0. The molecule has 0 fully saturated rings. The van der Waals surface area contributed by atoms with Gasteiger partial charge in [-0.15, -0.1) is 12.3 Å². The van der Waals surface area contributed by atoms with Gasteiger partial charge in [-0.3, -0.25) is 9.59 Å². The molecule has 0 aliphatic carbocycles. The van der Waals surface area contributed by atoms with Gasteiger partial charge in [0.25, 0.3) is 0 Å². The molecule has 0 spiro atoms. The number of nitrogens with one attached hydrogen (secondary N) is 1. The fourth-order valence-electron chi connectivity index (χ4n) is 1.57. The van der Waals surface area contributed by atoms with Crippen molar-refractivity contribution in [2.75, 3.05) is 5.32 Å². The van der Waals surface area contributed by atoms with Gasteiger partial charge in [0, 0.05) is 18.5 Å². The average molecular weight is 308 g/mol. The average Bonchev–Trinajstić information content (AvgIpc) is 2.45. The third-order valence-corrected chi connectivity index (χ3v) is 2.71. The van der Waals surface area contributed by atoms with E-state index in [0.717, 1.165) is 24.3 Å². The van der Waals surface area contributed by atoms with E-state index < -0.39 is 29.3 Å². The highest BCUT2D eigenvalue weighted by molar-refractivity contribution is 6.09. The number of hydrogen-bond acceptors (Lipinski definition) is 3. The molecule has 0 aromatic heterocycles. The van der Waals surface area contributed by atoms with Crippen molar-refractivity contribution in [3.8, 4) is 18.4 Å². The number of carbonyl (C=O) groups excluding carboxylic acids is 2. The number of Topliss-reactive ketones (excluding diaryl/α,β-unsaturated/α-hetero) is 1. The lowest BCUT2D eigenvalue weighted by Gasteiger charge is -2.10. The molecule has 0 heterocycles. The second-order valence-electron chi connectivity index (χ2n) is 4.30. The highest BCUT2D eigenvalue weighted by atomic mass is 19.4. The number of nitrogens with zero attached hydrogens (tertiary/aromatic N) is 1. The van der Waals surface area contributed by atoms with Gasteiger partial charge in [0.1, 0.15) is 0 Å². The van der Waals surface area contributed by atoms with E-state index in [-0.39, 0.29) is 18.5 Å². The topological polar surface area (TPSA) is 70.0 Å². The van der Waals surface area contributed by atoms with Gasteiger partial charge in [-0.1, -0.05) is 0 Å². The number of halogens is 3. The van der Waals surface area contributed by atoms with Crippen molar-refractivity contribution < 1.29 is 22.8 Å². The summed E-state index contributed by atoms with van der Waals surface area (Å²) in [4.78, 5) is 23.4. The smallest absolute Gasteiger partial charge is 0.325 e. The number of terminal acetylenes is 1. The van der Waals surface area contributed by atoms with E-state index in [1.165, 1.54) is 0 Å². The van der Waals surface area contributed by atoms with Gasteiger partial charge in [0.05, 0.1) is 11.6 Å². The Morgan fingerprint density at radius 1 is 1.27 bits per heavy atom. The fourth-order valence-corrected chi connectivity index (χ4v) is 1.57. The third-order valence-electron chi connectivity index (χ3n) is 2.71. The van der Waals surface area contributed by atoms with Gasteiger partial charge < -0.3 is 5.32 Å². The zero-order valence-electron chi connectivity index (χ0n) is 11.3. The Balaban J connectivity index is 2.77. The van der Waals surface area contributed by atoms with Crippen molar-refractivity contribution in [2.24, 2.45) is 5.92 Å². The van der Waals surface area contributed by atoms with Gasteiger partial charge in [0.2, 0.25) is 5.91 Å². The van der Waals surface area contributed by atoms with E-state index in [1.807, 2.05) is 0 Å². The minimum atomic E-state index is -4.48. The standard InChI is InChI=1S/C15H11F3N2O2/c1-2-3-4-13(21)12(9-19)14(22)20-11-7-5-10(6-8-11)15(16,17)18/h1,5-8,12H,3-4H2,(H,20,22)/t12-/m1/s1. The largest absolute Gasteiger partial charge is 0.416 e. The van der Waals surface area contributed by atoms with E-state index in [9.17, 15) is 22.8 Å². The lowest BCUT2D eigenvalue weighted by atomic mass is 10.0. The maximum Gasteiger partial charge on any atom is 0.416 e. The van der Waals surface area contributed by atoms with Crippen LogP contribution < -0.4 is 5.32 Å². The Labute approximate surface area is 124 Å². The molecule has 0 aliphatic rings. The number of ketones is 1. The molecule has 4 nitrogen and oxygen atoms in total. The minimum absolute atomic E-state index is 0.0583. The summed E-state index contributed by atoms with van der Waals surface area (Å²) in [6.45, 7) is 0. The van der Waals surface area contributed by atoms with Gasteiger partial charge in [-0.05, 0) is 24.3 Å². The first kappa shape index (κ1) is 17.3. The molecule has 0 bridgehead atoms. The van der Waals surface area contributed by atoms with E-state index in [4.69, 9.17) is 11.7 Å². The Morgan fingerprint density at radius 2 is 1.86 bits per heavy atom. The summed E-state index contributed by atoms with van der Waals surface area (Å²) in [5.74, 6) is -0.861. The molecule has 1 aromatic carbocycles. The minimum Gasteiger partial charge on any atom is -0.325 e. The zero-order chi connectivity index (χ0) is 16.8. The second-order valence-corrected chi connectivity index (χ2v) is 4.30. The van der Waals surface area contributed by atoms with Gasteiger partial charge in [-0.2, -0.15) is 18.4 Å². The van der Waals surface area contributed by atoms with Crippen LogP contribution in [0.4, 0.5) is 18.9 Å². The molecule has 114 valence electrons. The molecular formula is C15H11F3N2O2. The molecule has 1 aromatic rings. The molecule has 0 saturated carbocycles. The summed E-state index contributed by atoms with van der Waals surface area (Å²) in [6, 6.07) is 5.22. The van der Waals surface area contributed by atoms with E-state index in [1.54, 1.807) is 6.07 Å². The number of alkyl halides is 3. The lowest BCUT2D eigenvalue weighted by Crippen LogP contribution is -2.28. The van der Waals surface area contributed by atoms with Crippen LogP contribution in [0.15, 0.2) is 24.3 Å². The summed E-state index contributed by atoms with van der Waals surface area (Å²) < 4.78 is 37.2. The Bertz CT molecular complexity index is 637. The van der Waals surface area contributed by atoms with Crippen LogP contribution in [0.2, 0.25) is 0 Å². The van der Waals surface area contributed by atoms with Crippen molar-refractivity contribution >= 4 is 17.4 Å². The second kappa shape index (κ2) is 7.28. The molecular weight excluding hydrogens is 297 g/mol. The molecule has 7 heteroatoms. The Kier molecular flexibility index (Phi) is 5.71. The number of amides is 1. The predicted molar refractivity (Wildman–Crippen MR) is 72.3 cm³/mol. The van der Waals surface area contributed by atoms with Gasteiger partial charge >= 0.3 is 6.18 Å². The zero-order valence-corrected chi connectivity index (χ0v) is 11.3. The number of anilines is 1. The van der Waals surface area contributed by atoms with Crippen LogP contribution in [0.25, 0.3) is 0 Å². The molecule has 1 amide bonds. The van der Waals surface area contributed by atoms with Gasteiger partial charge in [-0.25, -0.2) is 0 Å². The third kappa shape index (κ3) is 4.64. The fraction of sp³-hybridized carbons (Fsp3) is 0.267. The molecule has 1 N–H and O–H groups in total. The lowest BCUT2D eigenvalue weighted by molar-refractivity contribution is -0.137. The van der Waals surface area contributed by atoms with Crippen LogP contribution in [0.3, 0.4) is 0 Å². The SMILES string of the molecule is C#CCCC(=O)[C@@H](C#N)C(=O)Nc1ccc(C(F)(F)F)cc1. The Morgan fingerprint density at radius 3 is 2.32 bits per heavy atom. The van der Waals surface area contributed by atoms with E-state index >= 15 is 0 Å². The van der Waals surface area contributed by atoms with E-state index in [0.29, 0.717) is 0 Å². The van der Waals surface area contributed by atoms with Crippen molar-refractivity contribution in [1.82, 2.24) is 0 Å². The number of carbonyl (C=O) groups is 2. The monoisotopic (exact) mass is 308 g/mol. The Hall–Kier alpha value is -2.80. The van der Waals surface area contributed by atoms with Crippen molar-refractivity contribution in [3.05, 3.63) is 29.8 Å². The predicted octanol–water partition coefficient (Wildman–Crippen LogP) is 2.77. The number of rotatable bonds is 5. The number of nitriles is 1. The van der Waals surface area contributed by atoms with Gasteiger partial charge in [0.15, 0.2) is 11.7 Å². The normalized spacial score (nSPS) is 11.9. The first-order valence-corrected chi connectivity index (χ1v) is 6.13. The maximum absolute atomic E-state index is 12.4. The number of hydrogen-bond donors (Lipinski definition) is 1. The molecule has 0 unspecified atom stereocenters. The molecule has 0 aliphatic heterocycles. The summed E-state index contributed by atoms with van der Waals surface area (Å²) in [6.07, 6.45) is 0.492. The highest BCUT2D eigenvalue weighted by Gasteiger charge is 2.30. The molecule has 1 rings (SSSR count). The first-order chi connectivity index (χ1) is 10.3. The number of benzene rings is 1. The molecule has 1 atom stereocenters. The van der Waals surface area contributed by atoms with E-state index in [2.05, 4.69) is 11.2 Å². The van der Waals surface area contributed by atoms with Crippen LogP contribution in [-0.2, 0) is 15.8 Å². The van der Waals surface area contributed by atoms with Crippen molar-refractivity contribution in [2.45, 2.75) is 19.0 Å². The highest BCUT2D eigenvalue weighted by Crippen LogP contribution is 2.29. The van der Waals surface area contributed by atoms with Crippen LogP contribution in [0, 0.1) is 29.6 Å². The van der Waals surface area contributed by atoms with Crippen LogP contribution in [-0.4, -0.2) is 11.7 Å². The van der Waals surface area contributed by atoms with Crippen LogP contribution >= 0.6 is 0 Å². The molecule has 22 heavy (non-hydrogen) atoms. The summed E-state index contributed by atoms with van der Waals surface area (Å²) in [7, 11) is 0. The quantitative estimate of drug-likeness (QED) is 0.671. The van der Waals surface area contributed by atoms with Crippen LogP contribution in [0.5, 0.6) is 0 Å². The van der Waals surface area contributed by atoms with Crippen LogP contribution in [0.1, 0.15) is 18.4 Å². The van der Waals surface area contributed by atoms with Crippen molar-refractivity contribution in [3.63, 3.8) is 0 Å². The summed E-state index contributed by atoms with van der Waals surface area (Å²) in [5.41, 5.74) is -0.810. The molecule has 0 saturated heterocycles. The first-order valence-electron chi connectivity index (χ1n) is 6.13. The molecule has 0 radical (unpaired) electrons. The van der Waals surface area contributed by atoms with Crippen molar-refractivity contribution in [1.29, 1.82) is 5.26 Å².